The van der Waals surface area contributed by atoms with Gasteiger partial charge in [-0.05, 0) is 32.1 Å². The molecule has 10 heteroatoms. The van der Waals surface area contributed by atoms with Crippen LogP contribution >= 0.6 is 7.82 Å². The Morgan fingerprint density at radius 3 is 1.57 bits per heavy atom. The lowest BCUT2D eigenvalue weighted by atomic mass is 10.0. The topological polar surface area (TPSA) is 111 Å². The molecule has 0 aromatic carbocycles. The lowest BCUT2D eigenvalue weighted by Gasteiger charge is -2.28. The summed E-state index contributed by atoms with van der Waals surface area (Å²) in [4.78, 5) is 37.3. The summed E-state index contributed by atoms with van der Waals surface area (Å²) < 4.78 is 33.7. The maximum atomic E-state index is 12.6. The van der Waals surface area contributed by atoms with Gasteiger partial charge in [0.1, 0.15) is 19.8 Å². The van der Waals surface area contributed by atoms with Crippen LogP contribution in [0.15, 0.2) is 12.2 Å². The standard InChI is InChI=1S/C39H76NO8P/c1-6-8-10-12-14-16-18-19-20-22-23-25-27-29-31-38(41)45-35-37(36-47-49(43,44)46-34-33-40(3,4)5)48-39(42)32-30-28-26-24-21-17-15-13-11-9-7-2/h13,15,37H,6-12,14,16-36H2,1-5H3/b15-13-/t37-/m1/s1. The van der Waals surface area contributed by atoms with Crippen LogP contribution in [0, 0.1) is 0 Å². The van der Waals surface area contributed by atoms with Crippen molar-refractivity contribution in [1.29, 1.82) is 0 Å². The molecule has 0 bridgehead atoms. The van der Waals surface area contributed by atoms with Crippen LogP contribution in [0.5, 0.6) is 0 Å². The predicted octanol–water partition coefficient (Wildman–Crippen LogP) is 10.00. The van der Waals surface area contributed by atoms with Crippen LogP contribution in [-0.4, -0.2) is 70.0 Å². The first-order valence-corrected chi connectivity index (χ1v) is 21.4. The number of carbonyl (C=O) groups excluding carboxylic acids is 2. The highest BCUT2D eigenvalue weighted by atomic mass is 31.2. The molecular weight excluding hydrogens is 641 g/mol. The largest absolute Gasteiger partial charge is 0.756 e. The number of esters is 2. The first-order chi connectivity index (χ1) is 23.5. The van der Waals surface area contributed by atoms with Gasteiger partial charge in [0, 0.05) is 12.8 Å². The molecule has 1 unspecified atom stereocenters. The van der Waals surface area contributed by atoms with Crippen molar-refractivity contribution >= 4 is 19.8 Å². The summed E-state index contributed by atoms with van der Waals surface area (Å²) in [6, 6.07) is 0. The Labute approximate surface area is 301 Å². The summed E-state index contributed by atoms with van der Waals surface area (Å²) in [5.74, 6) is -0.841. The van der Waals surface area contributed by atoms with Gasteiger partial charge in [0.2, 0.25) is 0 Å². The zero-order valence-corrected chi connectivity index (χ0v) is 33.3. The van der Waals surface area contributed by atoms with Crippen molar-refractivity contribution in [2.75, 3.05) is 47.5 Å². The molecule has 2 atom stereocenters. The number of phosphoric ester groups is 1. The maximum Gasteiger partial charge on any atom is 0.306 e. The third-order valence-electron chi connectivity index (χ3n) is 8.54. The summed E-state index contributed by atoms with van der Waals surface area (Å²) in [5.41, 5.74) is 0. The highest BCUT2D eigenvalue weighted by Gasteiger charge is 2.21. The first-order valence-electron chi connectivity index (χ1n) is 19.9. The van der Waals surface area contributed by atoms with Gasteiger partial charge in [-0.15, -0.1) is 0 Å². The number of rotatable bonds is 36. The van der Waals surface area contributed by atoms with Crippen molar-refractivity contribution in [2.45, 2.75) is 180 Å². The molecule has 0 heterocycles. The van der Waals surface area contributed by atoms with E-state index in [1.807, 2.05) is 21.1 Å². The number of allylic oxidation sites excluding steroid dienone is 2. The Kier molecular flexibility index (Phi) is 31.8. The second kappa shape index (κ2) is 32.6. The van der Waals surface area contributed by atoms with Crippen LogP contribution in [0.2, 0.25) is 0 Å². The molecule has 0 spiro atoms. The predicted molar refractivity (Wildman–Crippen MR) is 199 cm³/mol. The minimum atomic E-state index is -4.61. The number of carbonyl (C=O) groups is 2. The van der Waals surface area contributed by atoms with E-state index in [9.17, 15) is 19.0 Å². The van der Waals surface area contributed by atoms with Crippen molar-refractivity contribution in [3.8, 4) is 0 Å². The van der Waals surface area contributed by atoms with Crippen molar-refractivity contribution < 1.29 is 42.1 Å². The Balaban J connectivity index is 4.39. The van der Waals surface area contributed by atoms with Gasteiger partial charge in [-0.2, -0.15) is 0 Å². The van der Waals surface area contributed by atoms with Crippen molar-refractivity contribution in [3.63, 3.8) is 0 Å². The molecule has 290 valence electrons. The summed E-state index contributed by atoms with van der Waals surface area (Å²) >= 11 is 0. The minimum absolute atomic E-state index is 0.0297. The number of quaternary nitrogens is 1. The average molecular weight is 718 g/mol. The van der Waals surface area contributed by atoms with E-state index in [-0.39, 0.29) is 32.0 Å². The van der Waals surface area contributed by atoms with E-state index >= 15 is 0 Å². The Bertz CT molecular complexity index is 860. The van der Waals surface area contributed by atoms with E-state index in [1.54, 1.807) is 0 Å². The van der Waals surface area contributed by atoms with Crippen LogP contribution in [-0.2, 0) is 32.7 Å². The molecule has 0 saturated carbocycles. The van der Waals surface area contributed by atoms with Gasteiger partial charge in [-0.25, -0.2) is 0 Å². The van der Waals surface area contributed by atoms with Crippen molar-refractivity contribution in [2.24, 2.45) is 0 Å². The monoisotopic (exact) mass is 718 g/mol. The zero-order chi connectivity index (χ0) is 36.5. The Hall–Kier alpha value is -1.25. The lowest BCUT2D eigenvalue weighted by molar-refractivity contribution is -0.870. The van der Waals surface area contributed by atoms with Gasteiger partial charge in [0.15, 0.2) is 6.10 Å². The quantitative estimate of drug-likeness (QED) is 0.0207. The summed E-state index contributed by atoms with van der Waals surface area (Å²) in [6.07, 6.45) is 30.9. The van der Waals surface area contributed by atoms with Gasteiger partial charge in [-0.3, -0.25) is 14.2 Å². The van der Waals surface area contributed by atoms with Crippen LogP contribution < -0.4 is 4.89 Å². The molecule has 0 saturated heterocycles. The van der Waals surface area contributed by atoms with E-state index in [2.05, 4.69) is 26.0 Å². The Morgan fingerprint density at radius 1 is 0.612 bits per heavy atom. The fourth-order valence-electron chi connectivity index (χ4n) is 5.34. The number of hydrogen-bond acceptors (Lipinski definition) is 8. The maximum absolute atomic E-state index is 12.6. The molecular formula is C39H76NO8P. The van der Waals surface area contributed by atoms with Gasteiger partial charge >= 0.3 is 11.9 Å². The van der Waals surface area contributed by atoms with E-state index in [1.165, 1.54) is 83.5 Å². The molecule has 0 amide bonds. The minimum Gasteiger partial charge on any atom is -0.756 e. The van der Waals surface area contributed by atoms with Crippen LogP contribution in [0.25, 0.3) is 0 Å². The molecule has 0 aliphatic heterocycles. The Morgan fingerprint density at radius 2 is 1.06 bits per heavy atom. The second-order valence-corrected chi connectivity index (χ2v) is 16.1. The zero-order valence-electron chi connectivity index (χ0n) is 32.4. The van der Waals surface area contributed by atoms with E-state index in [0.29, 0.717) is 17.4 Å². The van der Waals surface area contributed by atoms with Gasteiger partial charge in [-0.1, -0.05) is 142 Å². The molecule has 0 rings (SSSR count). The molecule has 0 aromatic heterocycles. The van der Waals surface area contributed by atoms with Gasteiger partial charge in [0.05, 0.1) is 27.7 Å². The summed E-state index contributed by atoms with van der Waals surface area (Å²) in [7, 11) is 1.17. The van der Waals surface area contributed by atoms with Crippen LogP contribution in [0.4, 0.5) is 0 Å². The highest BCUT2D eigenvalue weighted by Crippen LogP contribution is 2.38. The van der Waals surface area contributed by atoms with Gasteiger partial charge < -0.3 is 27.9 Å². The summed E-state index contributed by atoms with van der Waals surface area (Å²) in [5, 5.41) is 0. The van der Waals surface area contributed by atoms with E-state index in [0.717, 1.165) is 57.8 Å². The van der Waals surface area contributed by atoms with Crippen molar-refractivity contribution in [3.05, 3.63) is 12.2 Å². The van der Waals surface area contributed by atoms with E-state index in [4.69, 9.17) is 18.5 Å². The van der Waals surface area contributed by atoms with Crippen molar-refractivity contribution in [1.82, 2.24) is 0 Å². The molecule has 0 aliphatic carbocycles. The highest BCUT2D eigenvalue weighted by molar-refractivity contribution is 7.45. The first kappa shape index (κ1) is 47.8. The smallest absolute Gasteiger partial charge is 0.306 e. The molecule has 0 N–H and O–H groups in total. The fraction of sp³-hybridized carbons (Fsp3) is 0.897. The molecule has 49 heavy (non-hydrogen) atoms. The third kappa shape index (κ3) is 36.3. The summed E-state index contributed by atoms with van der Waals surface area (Å²) in [6.45, 7) is 4.18. The average Bonchev–Trinajstić information content (AvgIpc) is 3.04. The van der Waals surface area contributed by atoms with Crippen LogP contribution in [0.1, 0.15) is 174 Å². The number of ether oxygens (including phenoxy) is 2. The molecule has 0 aromatic rings. The SMILES string of the molecule is CCCC/C=C\CCCCCCCC(=O)O[C@H](COC(=O)CCCCCCCCCCCCCCCC)COP(=O)([O-])OCC[N+](C)(C)C. The molecule has 0 fully saturated rings. The number of unbranched alkanes of at least 4 members (excludes halogenated alkanes) is 20. The molecule has 0 radical (unpaired) electrons. The van der Waals surface area contributed by atoms with Gasteiger partial charge in [0.25, 0.3) is 7.82 Å². The number of hydrogen-bond donors (Lipinski definition) is 0. The number of likely N-dealkylation sites (N-methyl/N-ethyl adjacent to an activating group) is 1. The molecule has 9 nitrogen and oxygen atoms in total. The van der Waals surface area contributed by atoms with E-state index < -0.39 is 26.5 Å². The lowest BCUT2D eigenvalue weighted by Crippen LogP contribution is -2.37. The number of nitrogens with zero attached hydrogens (tertiary/aromatic N) is 1. The van der Waals surface area contributed by atoms with Crippen LogP contribution in [0.3, 0.4) is 0 Å². The number of phosphoric acid groups is 1. The second-order valence-electron chi connectivity index (χ2n) is 14.7. The fourth-order valence-corrected chi connectivity index (χ4v) is 6.07. The normalized spacial score (nSPS) is 13.8. The third-order valence-corrected chi connectivity index (χ3v) is 9.50. The molecule has 0 aliphatic rings.